The molecule has 0 aliphatic carbocycles. The molecule has 2 unspecified atom stereocenters. The number of benzene rings is 1. The van der Waals surface area contributed by atoms with E-state index in [0.717, 1.165) is 10.6 Å². The Hall–Kier alpha value is -1.57. The molecular formula is C15H19N3O3S. The number of rotatable bonds is 4. The van der Waals surface area contributed by atoms with E-state index >= 15 is 0 Å². The summed E-state index contributed by atoms with van der Waals surface area (Å²) in [6, 6.07) is 7.60. The summed E-state index contributed by atoms with van der Waals surface area (Å²) in [5.74, 6) is 0.134. The second kappa shape index (κ2) is 6.68. The number of anilines is 1. The lowest BCUT2D eigenvalue weighted by molar-refractivity contribution is -0.123. The molecule has 3 rings (SSSR count). The van der Waals surface area contributed by atoms with Gasteiger partial charge in [-0.1, -0.05) is 12.1 Å². The Kier molecular flexibility index (Phi) is 4.66. The van der Waals surface area contributed by atoms with Crippen LogP contribution in [0, 0.1) is 5.92 Å². The van der Waals surface area contributed by atoms with Crippen molar-refractivity contribution in [3.8, 4) is 0 Å². The molecule has 0 saturated carbocycles. The molecule has 1 saturated heterocycles. The standard InChI is InChI=1S/C15H19N3O3S/c19-12-7-16-5-10(12)6-17-14(20)8-18-11-3-1-2-4-13(11)22-9-15(18)21/h1-4,10,12,16,19H,5-9H2,(H,17,20). The molecule has 118 valence electrons. The molecule has 1 aromatic rings. The molecule has 3 N–H and O–H groups in total. The van der Waals surface area contributed by atoms with E-state index in [-0.39, 0.29) is 24.3 Å². The van der Waals surface area contributed by atoms with E-state index in [1.165, 1.54) is 16.7 Å². The maximum Gasteiger partial charge on any atom is 0.240 e. The Morgan fingerprint density at radius 2 is 2.23 bits per heavy atom. The smallest absolute Gasteiger partial charge is 0.240 e. The van der Waals surface area contributed by atoms with Gasteiger partial charge in [0.1, 0.15) is 6.54 Å². The van der Waals surface area contributed by atoms with Crippen molar-refractivity contribution < 1.29 is 14.7 Å². The van der Waals surface area contributed by atoms with E-state index in [4.69, 9.17) is 0 Å². The first kappa shape index (κ1) is 15.3. The summed E-state index contributed by atoms with van der Waals surface area (Å²) in [4.78, 5) is 26.7. The number of aliphatic hydroxyl groups excluding tert-OH is 1. The normalized spacial score (nSPS) is 24.2. The molecule has 1 fully saturated rings. The lowest BCUT2D eigenvalue weighted by Gasteiger charge is -2.28. The van der Waals surface area contributed by atoms with Crippen molar-refractivity contribution in [2.75, 3.05) is 36.8 Å². The molecule has 1 aromatic carbocycles. The van der Waals surface area contributed by atoms with Crippen LogP contribution in [0.1, 0.15) is 0 Å². The van der Waals surface area contributed by atoms with Gasteiger partial charge < -0.3 is 20.6 Å². The predicted molar refractivity (Wildman–Crippen MR) is 84.9 cm³/mol. The van der Waals surface area contributed by atoms with E-state index < -0.39 is 6.10 Å². The van der Waals surface area contributed by atoms with Crippen LogP contribution in [0.2, 0.25) is 0 Å². The summed E-state index contributed by atoms with van der Waals surface area (Å²) in [6.45, 7) is 1.71. The molecule has 22 heavy (non-hydrogen) atoms. The monoisotopic (exact) mass is 321 g/mol. The second-order valence-electron chi connectivity index (χ2n) is 5.53. The highest BCUT2D eigenvalue weighted by molar-refractivity contribution is 8.00. The minimum Gasteiger partial charge on any atom is -0.391 e. The third-order valence-electron chi connectivity index (χ3n) is 3.98. The number of hydrogen-bond acceptors (Lipinski definition) is 5. The number of carbonyl (C=O) groups is 2. The fourth-order valence-corrected chi connectivity index (χ4v) is 3.63. The first-order valence-corrected chi connectivity index (χ1v) is 8.31. The molecule has 6 nitrogen and oxygen atoms in total. The number of β-amino-alcohol motifs (C(OH)–C–C–N with tert-alkyl or cyclic N) is 1. The highest BCUT2D eigenvalue weighted by Gasteiger charge is 2.28. The van der Waals surface area contributed by atoms with Crippen LogP contribution in [0.4, 0.5) is 5.69 Å². The maximum absolute atomic E-state index is 12.1. The lowest BCUT2D eigenvalue weighted by Crippen LogP contribution is -2.45. The molecule has 2 atom stereocenters. The zero-order valence-electron chi connectivity index (χ0n) is 12.1. The van der Waals surface area contributed by atoms with Gasteiger partial charge in [0.15, 0.2) is 0 Å². The number of thioether (sulfide) groups is 1. The van der Waals surface area contributed by atoms with Crippen molar-refractivity contribution in [2.45, 2.75) is 11.0 Å². The van der Waals surface area contributed by atoms with Gasteiger partial charge in [-0.3, -0.25) is 9.59 Å². The number of hydrogen-bond donors (Lipinski definition) is 3. The first-order chi connectivity index (χ1) is 10.6. The topological polar surface area (TPSA) is 81.7 Å². The highest BCUT2D eigenvalue weighted by Crippen LogP contribution is 2.34. The van der Waals surface area contributed by atoms with E-state index in [9.17, 15) is 14.7 Å². The van der Waals surface area contributed by atoms with Gasteiger partial charge in [-0.25, -0.2) is 0 Å². The molecule has 0 radical (unpaired) electrons. The third kappa shape index (κ3) is 3.26. The van der Waals surface area contributed by atoms with Crippen LogP contribution in [0.15, 0.2) is 29.2 Å². The van der Waals surface area contributed by atoms with Crippen molar-refractivity contribution in [2.24, 2.45) is 5.92 Å². The SMILES string of the molecule is O=C(CN1C(=O)CSc2ccccc21)NCC1CNCC1O. The maximum atomic E-state index is 12.1. The molecule has 2 aliphatic heterocycles. The molecule has 2 heterocycles. The Bertz CT molecular complexity index is 581. The van der Waals surface area contributed by atoms with Crippen molar-refractivity contribution in [3.63, 3.8) is 0 Å². The Balaban J connectivity index is 1.60. The van der Waals surface area contributed by atoms with E-state index in [1.54, 1.807) is 0 Å². The Morgan fingerprint density at radius 3 is 3.00 bits per heavy atom. The largest absolute Gasteiger partial charge is 0.391 e. The molecule has 2 aliphatic rings. The molecule has 0 spiro atoms. The molecule has 2 amide bonds. The Labute approximate surface area is 133 Å². The Morgan fingerprint density at radius 1 is 1.41 bits per heavy atom. The number of aliphatic hydroxyl groups is 1. The number of fused-ring (bicyclic) bond motifs is 1. The van der Waals surface area contributed by atoms with Crippen molar-refractivity contribution in [1.82, 2.24) is 10.6 Å². The van der Waals surface area contributed by atoms with Gasteiger partial charge >= 0.3 is 0 Å². The van der Waals surface area contributed by atoms with Gasteiger partial charge in [0.05, 0.1) is 17.5 Å². The summed E-state index contributed by atoms with van der Waals surface area (Å²) >= 11 is 1.50. The summed E-state index contributed by atoms with van der Waals surface area (Å²) in [7, 11) is 0. The van der Waals surface area contributed by atoms with Crippen LogP contribution in [-0.4, -0.2) is 55.0 Å². The average Bonchev–Trinajstić information content (AvgIpc) is 2.93. The highest BCUT2D eigenvalue weighted by atomic mass is 32.2. The van der Waals surface area contributed by atoms with Crippen LogP contribution < -0.4 is 15.5 Å². The molecular weight excluding hydrogens is 302 g/mol. The predicted octanol–water partition coefficient (Wildman–Crippen LogP) is -0.178. The van der Waals surface area contributed by atoms with E-state index in [2.05, 4.69) is 10.6 Å². The number of amides is 2. The number of para-hydroxylation sites is 1. The third-order valence-corrected chi connectivity index (χ3v) is 5.02. The van der Waals surface area contributed by atoms with Crippen LogP contribution in [-0.2, 0) is 9.59 Å². The van der Waals surface area contributed by atoms with Crippen molar-refractivity contribution in [3.05, 3.63) is 24.3 Å². The number of carbonyl (C=O) groups excluding carboxylic acids is 2. The van der Waals surface area contributed by atoms with E-state index in [0.29, 0.717) is 25.4 Å². The van der Waals surface area contributed by atoms with Gasteiger partial charge in [0.25, 0.3) is 0 Å². The van der Waals surface area contributed by atoms with E-state index in [1.807, 2.05) is 24.3 Å². The van der Waals surface area contributed by atoms with Gasteiger partial charge in [-0.05, 0) is 12.1 Å². The first-order valence-electron chi connectivity index (χ1n) is 7.33. The summed E-state index contributed by atoms with van der Waals surface area (Å²) in [5, 5.41) is 15.6. The summed E-state index contributed by atoms with van der Waals surface area (Å²) in [6.07, 6.45) is -0.422. The van der Waals surface area contributed by atoms with Crippen molar-refractivity contribution >= 4 is 29.3 Å². The molecule has 0 aromatic heterocycles. The second-order valence-corrected chi connectivity index (χ2v) is 6.54. The fourth-order valence-electron chi connectivity index (χ4n) is 2.70. The molecule has 0 bridgehead atoms. The van der Waals surface area contributed by atoms with Gasteiger partial charge in [-0.15, -0.1) is 11.8 Å². The summed E-state index contributed by atoms with van der Waals surface area (Å²) in [5.41, 5.74) is 0.793. The number of nitrogens with one attached hydrogen (secondary N) is 2. The van der Waals surface area contributed by atoms with Gasteiger partial charge in [0, 0.05) is 30.4 Å². The van der Waals surface area contributed by atoms with Crippen LogP contribution in [0.3, 0.4) is 0 Å². The van der Waals surface area contributed by atoms with Crippen molar-refractivity contribution in [1.29, 1.82) is 0 Å². The molecule has 7 heteroatoms. The van der Waals surface area contributed by atoms with Gasteiger partial charge in [0.2, 0.25) is 11.8 Å². The number of nitrogens with zero attached hydrogens (tertiary/aromatic N) is 1. The van der Waals surface area contributed by atoms with Crippen LogP contribution in [0.25, 0.3) is 0 Å². The minimum atomic E-state index is -0.422. The lowest BCUT2D eigenvalue weighted by atomic mass is 10.1. The minimum absolute atomic E-state index is 0.0205. The van der Waals surface area contributed by atoms with Crippen LogP contribution >= 0.6 is 11.8 Å². The van der Waals surface area contributed by atoms with Crippen LogP contribution in [0.5, 0.6) is 0 Å². The summed E-state index contributed by atoms with van der Waals surface area (Å²) < 4.78 is 0. The quantitative estimate of drug-likeness (QED) is 0.717. The average molecular weight is 321 g/mol. The zero-order valence-corrected chi connectivity index (χ0v) is 12.9. The fraction of sp³-hybridized carbons (Fsp3) is 0.467. The zero-order chi connectivity index (χ0) is 15.5. The van der Waals surface area contributed by atoms with Gasteiger partial charge in [-0.2, -0.15) is 0 Å².